The van der Waals surface area contributed by atoms with E-state index in [-0.39, 0.29) is 17.6 Å². The van der Waals surface area contributed by atoms with Crippen LogP contribution in [0.4, 0.5) is 0 Å². The number of aromatic hydroxyl groups is 1. The van der Waals surface area contributed by atoms with Crippen LogP contribution in [0.15, 0.2) is 66.1 Å². The van der Waals surface area contributed by atoms with Crippen LogP contribution in [0.5, 0.6) is 5.75 Å². The smallest absolute Gasteiger partial charge is 0.205 e. The van der Waals surface area contributed by atoms with Gasteiger partial charge in [0.25, 0.3) is 0 Å². The molecule has 1 aliphatic heterocycles. The molecule has 0 fully saturated rings. The van der Waals surface area contributed by atoms with Gasteiger partial charge in [-0.25, -0.2) is 0 Å². The van der Waals surface area contributed by atoms with Crippen LogP contribution in [0, 0.1) is 11.3 Å². The number of nitrogens with two attached hydrogens (primary N) is 1. The predicted octanol–water partition coefficient (Wildman–Crippen LogP) is 3.89. The van der Waals surface area contributed by atoms with E-state index in [2.05, 4.69) is 6.07 Å². The fourth-order valence-corrected chi connectivity index (χ4v) is 2.71. The van der Waals surface area contributed by atoms with Crippen molar-refractivity contribution in [3.05, 3.63) is 82.2 Å². The Labute approximate surface area is 138 Å². The summed E-state index contributed by atoms with van der Waals surface area (Å²) in [6.45, 7) is 0. The molecule has 0 aliphatic carbocycles. The maximum absolute atomic E-state index is 10.0. The molecule has 23 heavy (non-hydrogen) atoms. The summed E-state index contributed by atoms with van der Waals surface area (Å²) in [7, 11) is 0. The minimum atomic E-state index is -0.387. The first-order valence-corrected chi connectivity index (χ1v) is 7.31. The van der Waals surface area contributed by atoms with E-state index in [9.17, 15) is 10.4 Å². The highest BCUT2D eigenvalue weighted by molar-refractivity contribution is 6.30. The van der Waals surface area contributed by atoms with Gasteiger partial charge in [0.05, 0.1) is 5.56 Å². The van der Waals surface area contributed by atoms with Gasteiger partial charge in [0.1, 0.15) is 23.2 Å². The van der Waals surface area contributed by atoms with Crippen LogP contribution < -0.4 is 5.73 Å². The van der Waals surface area contributed by atoms with Crippen LogP contribution in [-0.4, -0.2) is 5.11 Å². The number of halogens is 1. The third kappa shape index (κ3) is 2.87. The normalized spacial score (nSPS) is 17.2. The van der Waals surface area contributed by atoms with Crippen molar-refractivity contribution < 1.29 is 9.84 Å². The van der Waals surface area contributed by atoms with E-state index in [0.717, 1.165) is 5.56 Å². The number of benzene rings is 2. The maximum Gasteiger partial charge on any atom is 0.205 e. The van der Waals surface area contributed by atoms with Crippen molar-refractivity contribution in [1.82, 2.24) is 0 Å². The zero-order chi connectivity index (χ0) is 16.4. The Hall–Kier alpha value is -2.90. The van der Waals surface area contributed by atoms with Gasteiger partial charge in [-0.2, -0.15) is 5.26 Å². The van der Waals surface area contributed by atoms with Crippen molar-refractivity contribution in [2.45, 2.75) is 5.92 Å². The number of nitriles is 1. The van der Waals surface area contributed by atoms with E-state index in [1.807, 2.05) is 12.1 Å². The molecular formula is C18H13ClN2O2. The van der Waals surface area contributed by atoms with Crippen LogP contribution >= 0.6 is 11.6 Å². The number of phenolic OH excluding ortho intramolecular Hbond substituents is 1. The highest BCUT2D eigenvalue weighted by atomic mass is 35.5. The van der Waals surface area contributed by atoms with Crippen LogP contribution in [-0.2, 0) is 4.74 Å². The Kier molecular flexibility index (Phi) is 3.96. The zero-order valence-corrected chi connectivity index (χ0v) is 12.8. The third-order valence-corrected chi connectivity index (χ3v) is 3.85. The van der Waals surface area contributed by atoms with Gasteiger partial charge in [-0.15, -0.1) is 0 Å². The lowest BCUT2D eigenvalue weighted by Crippen LogP contribution is -2.16. The number of hydrogen-bond donors (Lipinski definition) is 2. The molecule has 1 aliphatic rings. The Morgan fingerprint density at radius 3 is 2.65 bits per heavy atom. The number of phenols is 1. The average molecular weight is 325 g/mol. The Balaban J connectivity index is 2.12. The topological polar surface area (TPSA) is 79.3 Å². The van der Waals surface area contributed by atoms with E-state index in [1.54, 1.807) is 42.5 Å². The van der Waals surface area contributed by atoms with Crippen molar-refractivity contribution in [2.75, 3.05) is 0 Å². The first kappa shape index (κ1) is 15.0. The molecule has 0 saturated carbocycles. The number of para-hydroxylation sites is 1. The lowest BCUT2D eigenvalue weighted by atomic mass is 9.89. The molecule has 1 heterocycles. The molecule has 0 aromatic heterocycles. The summed E-state index contributed by atoms with van der Waals surface area (Å²) >= 11 is 6.05. The fourth-order valence-electron chi connectivity index (χ4n) is 2.51. The third-order valence-electron chi connectivity index (χ3n) is 3.61. The Bertz CT molecular complexity index is 865. The number of allylic oxidation sites excluding steroid dienone is 2. The van der Waals surface area contributed by atoms with Gasteiger partial charge >= 0.3 is 0 Å². The van der Waals surface area contributed by atoms with Gasteiger partial charge in [0, 0.05) is 10.9 Å². The largest absolute Gasteiger partial charge is 0.507 e. The second-order valence-corrected chi connectivity index (χ2v) is 5.51. The molecule has 0 saturated heterocycles. The average Bonchev–Trinajstić information content (AvgIpc) is 2.54. The van der Waals surface area contributed by atoms with E-state index < -0.39 is 0 Å². The highest BCUT2D eigenvalue weighted by Gasteiger charge is 2.26. The summed E-state index contributed by atoms with van der Waals surface area (Å²) in [6, 6.07) is 16.1. The highest BCUT2D eigenvalue weighted by Crippen LogP contribution is 2.38. The second kappa shape index (κ2) is 6.07. The summed E-state index contributed by atoms with van der Waals surface area (Å²) in [4.78, 5) is 0. The van der Waals surface area contributed by atoms with Crippen molar-refractivity contribution in [1.29, 1.82) is 5.26 Å². The van der Waals surface area contributed by atoms with Crippen molar-refractivity contribution in [3.63, 3.8) is 0 Å². The van der Waals surface area contributed by atoms with Gasteiger partial charge in [-0.3, -0.25) is 0 Å². The molecule has 3 rings (SSSR count). The fraction of sp³-hybridized carbons (Fsp3) is 0.0556. The minimum absolute atomic E-state index is 0.0261. The predicted molar refractivity (Wildman–Crippen MR) is 88.2 cm³/mol. The molecule has 2 aromatic carbocycles. The molecule has 1 unspecified atom stereocenters. The summed E-state index contributed by atoms with van der Waals surface area (Å²) < 4.78 is 5.54. The molecule has 0 spiro atoms. The summed E-state index contributed by atoms with van der Waals surface area (Å²) in [5, 5.41) is 20.0. The van der Waals surface area contributed by atoms with E-state index in [4.69, 9.17) is 22.1 Å². The second-order valence-electron chi connectivity index (χ2n) is 5.07. The summed E-state index contributed by atoms with van der Waals surface area (Å²) in [6.07, 6.45) is 1.76. The van der Waals surface area contributed by atoms with Gasteiger partial charge in [0.2, 0.25) is 5.88 Å². The standard InChI is InChI=1S/C18H13ClN2O2/c19-12-5-3-4-11(8-12)14-9-17(23-18(21)15(14)10-20)13-6-1-2-7-16(13)22/h1-9,14,22H,21H2. The minimum Gasteiger partial charge on any atom is -0.507 e. The summed E-state index contributed by atoms with van der Waals surface area (Å²) in [5.74, 6) is 0.127. The molecule has 0 radical (unpaired) electrons. The zero-order valence-electron chi connectivity index (χ0n) is 12.0. The van der Waals surface area contributed by atoms with Crippen LogP contribution in [0.1, 0.15) is 17.0 Å². The molecule has 5 heteroatoms. The van der Waals surface area contributed by atoms with Gasteiger partial charge in [-0.05, 0) is 35.9 Å². The van der Waals surface area contributed by atoms with Crippen LogP contribution in [0.2, 0.25) is 5.02 Å². The maximum atomic E-state index is 10.0. The first-order chi connectivity index (χ1) is 11.1. The molecule has 4 nitrogen and oxygen atoms in total. The van der Waals surface area contributed by atoms with E-state index in [1.165, 1.54) is 0 Å². The molecule has 3 N–H and O–H groups in total. The van der Waals surface area contributed by atoms with Crippen molar-refractivity contribution in [2.24, 2.45) is 5.73 Å². The SMILES string of the molecule is N#CC1=C(N)OC(c2ccccc2O)=CC1c1cccc(Cl)c1. The molecular weight excluding hydrogens is 312 g/mol. The number of rotatable bonds is 2. The summed E-state index contributed by atoms with van der Waals surface area (Å²) in [5.41, 5.74) is 7.56. The van der Waals surface area contributed by atoms with Crippen LogP contribution in [0.25, 0.3) is 5.76 Å². The molecule has 0 bridgehead atoms. The number of ether oxygens (including phenoxy) is 1. The van der Waals surface area contributed by atoms with Crippen molar-refractivity contribution >= 4 is 17.4 Å². The number of hydrogen-bond acceptors (Lipinski definition) is 4. The molecule has 1 atom stereocenters. The van der Waals surface area contributed by atoms with Gasteiger partial charge < -0.3 is 15.6 Å². The Morgan fingerprint density at radius 1 is 1.17 bits per heavy atom. The molecule has 0 amide bonds. The number of nitrogens with zero attached hydrogens (tertiary/aromatic N) is 1. The van der Waals surface area contributed by atoms with Gasteiger partial charge in [0.15, 0.2) is 0 Å². The molecule has 114 valence electrons. The van der Waals surface area contributed by atoms with Crippen molar-refractivity contribution in [3.8, 4) is 11.8 Å². The lowest BCUT2D eigenvalue weighted by molar-refractivity contribution is 0.357. The molecule has 2 aromatic rings. The van der Waals surface area contributed by atoms with E-state index >= 15 is 0 Å². The Morgan fingerprint density at radius 2 is 1.96 bits per heavy atom. The monoisotopic (exact) mass is 324 g/mol. The lowest BCUT2D eigenvalue weighted by Gasteiger charge is -2.23. The van der Waals surface area contributed by atoms with E-state index in [0.29, 0.717) is 21.9 Å². The van der Waals surface area contributed by atoms with Gasteiger partial charge in [-0.1, -0.05) is 35.9 Å². The first-order valence-electron chi connectivity index (χ1n) is 6.93. The van der Waals surface area contributed by atoms with Crippen LogP contribution in [0.3, 0.4) is 0 Å². The quantitative estimate of drug-likeness (QED) is 0.878.